The van der Waals surface area contributed by atoms with Crippen molar-refractivity contribution in [3.05, 3.63) is 41.2 Å². The molecule has 2 aromatic rings. The summed E-state index contributed by atoms with van der Waals surface area (Å²) in [6.45, 7) is 3.08. The molecular weight excluding hydrogens is 262 g/mol. The quantitative estimate of drug-likeness (QED) is 0.817. The average molecular weight is 281 g/mol. The van der Waals surface area contributed by atoms with Gasteiger partial charge in [-0.15, -0.1) is 12.8 Å². The Kier molecular flexibility index (Phi) is 6.20. The molecule has 1 aliphatic rings. The Morgan fingerprint density at radius 2 is 2.00 bits per heavy atom. The number of terminal acetylenes is 1. The first-order chi connectivity index (χ1) is 10.3. The Hall–Kier alpha value is -2.56. The van der Waals surface area contributed by atoms with Crippen molar-refractivity contribution in [2.45, 2.75) is 26.3 Å². The number of aromatic nitrogens is 2. The molecule has 108 valence electrons. The van der Waals surface area contributed by atoms with Crippen LogP contribution in [0.1, 0.15) is 23.2 Å². The summed E-state index contributed by atoms with van der Waals surface area (Å²) in [6.07, 6.45) is 12.2. The molecule has 0 bridgehead atoms. The Morgan fingerprint density at radius 3 is 2.62 bits per heavy atom. The van der Waals surface area contributed by atoms with Crippen LogP contribution in [-0.2, 0) is 13.0 Å². The van der Waals surface area contributed by atoms with Crippen LogP contribution in [0.15, 0.2) is 24.4 Å². The third-order valence-corrected chi connectivity index (χ3v) is 3.38. The predicted octanol–water partition coefficient (Wildman–Crippen LogP) is 2.53. The lowest BCUT2D eigenvalue weighted by Gasteiger charge is -2.05. The van der Waals surface area contributed by atoms with E-state index in [2.05, 4.69) is 35.6 Å². The molecule has 0 radical (unpaired) electrons. The van der Waals surface area contributed by atoms with E-state index in [0.29, 0.717) is 0 Å². The topological polar surface area (TPSA) is 61.8 Å². The van der Waals surface area contributed by atoms with Gasteiger partial charge >= 0.3 is 0 Å². The minimum absolute atomic E-state index is 0.718. The Morgan fingerprint density at radius 1 is 1.29 bits per heavy atom. The van der Waals surface area contributed by atoms with Crippen molar-refractivity contribution in [3.8, 4) is 30.0 Å². The summed E-state index contributed by atoms with van der Waals surface area (Å²) in [5.41, 5.74) is 5.62. The van der Waals surface area contributed by atoms with E-state index in [1.54, 1.807) is 0 Å². The number of rotatable bonds is 1. The maximum absolute atomic E-state index is 8.87. The van der Waals surface area contributed by atoms with E-state index in [0.717, 1.165) is 31.2 Å². The predicted molar refractivity (Wildman–Crippen MR) is 83.5 cm³/mol. The SMILES string of the molecule is C#C.CO.Cc1cc(C#N)ccc1-c1cnn2c1CCC2. The van der Waals surface area contributed by atoms with E-state index < -0.39 is 0 Å². The molecule has 2 heterocycles. The number of aliphatic hydroxyl groups is 1. The number of benzene rings is 1. The summed E-state index contributed by atoms with van der Waals surface area (Å²) in [7, 11) is 1.00. The minimum atomic E-state index is 0.718. The second-order valence-electron chi connectivity index (χ2n) is 4.47. The fourth-order valence-corrected chi connectivity index (χ4v) is 2.52. The molecule has 0 atom stereocenters. The molecule has 3 rings (SSSR count). The number of fused-ring (bicyclic) bond motifs is 1. The number of nitriles is 1. The normalized spacial score (nSPS) is 11.2. The summed E-state index contributed by atoms with van der Waals surface area (Å²) in [6, 6.07) is 8.02. The van der Waals surface area contributed by atoms with Gasteiger partial charge in [0.15, 0.2) is 0 Å². The van der Waals surface area contributed by atoms with Gasteiger partial charge in [-0.05, 0) is 43.0 Å². The molecule has 1 aromatic heterocycles. The highest BCUT2D eigenvalue weighted by Crippen LogP contribution is 2.30. The molecule has 1 N–H and O–H groups in total. The van der Waals surface area contributed by atoms with Crippen LogP contribution in [-0.4, -0.2) is 22.0 Å². The number of hydrogen-bond acceptors (Lipinski definition) is 3. The Labute approximate surface area is 125 Å². The van der Waals surface area contributed by atoms with Crippen LogP contribution >= 0.6 is 0 Å². The standard InChI is InChI=1S/C14H13N3.C2H2.CH4O/c1-10-7-11(8-15)4-5-12(10)13-9-16-17-6-2-3-14(13)17;2*1-2/h4-5,7,9H,2-3,6H2,1H3;1-2H;2H,1H3. The van der Waals surface area contributed by atoms with E-state index in [1.807, 2.05) is 24.4 Å². The first kappa shape index (κ1) is 16.5. The van der Waals surface area contributed by atoms with Crippen LogP contribution in [0.5, 0.6) is 0 Å². The smallest absolute Gasteiger partial charge is 0.0991 e. The van der Waals surface area contributed by atoms with Gasteiger partial charge in [-0.3, -0.25) is 4.68 Å². The maximum atomic E-state index is 8.87. The van der Waals surface area contributed by atoms with Crippen molar-refractivity contribution in [2.24, 2.45) is 0 Å². The van der Waals surface area contributed by atoms with Crippen molar-refractivity contribution < 1.29 is 5.11 Å². The van der Waals surface area contributed by atoms with Crippen molar-refractivity contribution >= 4 is 0 Å². The fourth-order valence-electron chi connectivity index (χ4n) is 2.52. The van der Waals surface area contributed by atoms with E-state index in [9.17, 15) is 0 Å². The molecule has 4 heteroatoms. The molecule has 0 spiro atoms. The van der Waals surface area contributed by atoms with Crippen LogP contribution in [0.4, 0.5) is 0 Å². The lowest BCUT2D eigenvalue weighted by molar-refractivity contribution is 0.399. The zero-order chi connectivity index (χ0) is 15.8. The van der Waals surface area contributed by atoms with Crippen LogP contribution in [0.25, 0.3) is 11.1 Å². The first-order valence-corrected chi connectivity index (χ1v) is 6.63. The molecule has 1 aromatic carbocycles. The van der Waals surface area contributed by atoms with Crippen LogP contribution in [0.2, 0.25) is 0 Å². The maximum Gasteiger partial charge on any atom is 0.0991 e. The van der Waals surface area contributed by atoms with Gasteiger partial charge < -0.3 is 5.11 Å². The van der Waals surface area contributed by atoms with Crippen LogP contribution < -0.4 is 0 Å². The van der Waals surface area contributed by atoms with Gasteiger partial charge in [-0.25, -0.2) is 0 Å². The van der Waals surface area contributed by atoms with Gasteiger partial charge in [0.25, 0.3) is 0 Å². The molecule has 0 fully saturated rings. The van der Waals surface area contributed by atoms with E-state index in [-0.39, 0.29) is 0 Å². The number of aliphatic hydroxyl groups excluding tert-OH is 1. The highest BCUT2D eigenvalue weighted by Gasteiger charge is 2.18. The summed E-state index contributed by atoms with van der Waals surface area (Å²) in [5, 5.41) is 20.3. The third-order valence-electron chi connectivity index (χ3n) is 3.38. The fraction of sp³-hybridized carbons (Fsp3) is 0.294. The Bertz CT molecular complexity index is 662. The van der Waals surface area contributed by atoms with Gasteiger partial charge in [-0.2, -0.15) is 10.4 Å². The second-order valence-corrected chi connectivity index (χ2v) is 4.47. The van der Waals surface area contributed by atoms with Gasteiger partial charge in [-0.1, -0.05) is 6.07 Å². The van der Waals surface area contributed by atoms with E-state index in [4.69, 9.17) is 10.4 Å². The van der Waals surface area contributed by atoms with E-state index in [1.165, 1.54) is 23.2 Å². The molecule has 0 amide bonds. The zero-order valence-electron chi connectivity index (χ0n) is 12.4. The van der Waals surface area contributed by atoms with Crippen molar-refractivity contribution in [3.63, 3.8) is 0 Å². The van der Waals surface area contributed by atoms with Gasteiger partial charge in [0.1, 0.15) is 0 Å². The van der Waals surface area contributed by atoms with Crippen molar-refractivity contribution in [1.29, 1.82) is 5.26 Å². The van der Waals surface area contributed by atoms with Crippen molar-refractivity contribution in [1.82, 2.24) is 9.78 Å². The van der Waals surface area contributed by atoms with Crippen LogP contribution in [0, 0.1) is 31.1 Å². The van der Waals surface area contributed by atoms with Crippen molar-refractivity contribution in [2.75, 3.05) is 7.11 Å². The van der Waals surface area contributed by atoms with Gasteiger partial charge in [0.05, 0.1) is 17.8 Å². The van der Waals surface area contributed by atoms with Crippen LogP contribution in [0.3, 0.4) is 0 Å². The largest absolute Gasteiger partial charge is 0.400 e. The highest BCUT2D eigenvalue weighted by molar-refractivity contribution is 5.70. The number of hydrogen-bond donors (Lipinski definition) is 1. The lowest BCUT2D eigenvalue weighted by Crippen LogP contribution is -1.93. The molecule has 0 unspecified atom stereocenters. The molecular formula is C17H19N3O. The average Bonchev–Trinajstić information content (AvgIpc) is 3.15. The molecule has 0 saturated heterocycles. The lowest BCUT2D eigenvalue weighted by atomic mass is 9.98. The molecule has 21 heavy (non-hydrogen) atoms. The minimum Gasteiger partial charge on any atom is -0.400 e. The number of nitrogens with zero attached hydrogens (tertiary/aromatic N) is 3. The summed E-state index contributed by atoms with van der Waals surface area (Å²) >= 11 is 0. The summed E-state index contributed by atoms with van der Waals surface area (Å²) in [5.74, 6) is 0. The monoisotopic (exact) mass is 281 g/mol. The highest BCUT2D eigenvalue weighted by atomic mass is 16.2. The summed E-state index contributed by atoms with van der Waals surface area (Å²) < 4.78 is 2.09. The summed E-state index contributed by atoms with van der Waals surface area (Å²) in [4.78, 5) is 0. The first-order valence-electron chi connectivity index (χ1n) is 6.63. The Balaban J connectivity index is 0.000000510. The molecule has 1 aliphatic heterocycles. The number of aryl methyl sites for hydroxylation is 2. The van der Waals surface area contributed by atoms with E-state index >= 15 is 0 Å². The third kappa shape index (κ3) is 3.31. The zero-order valence-corrected chi connectivity index (χ0v) is 12.4. The molecule has 4 nitrogen and oxygen atoms in total. The van der Waals surface area contributed by atoms with Gasteiger partial charge in [0.2, 0.25) is 0 Å². The molecule has 0 saturated carbocycles. The molecule has 0 aliphatic carbocycles. The van der Waals surface area contributed by atoms with Gasteiger partial charge in [0, 0.05) is 24.9 Å². The second kappa shape index (κ2) is 7.89.